The molecular formula is C17H21Cl2NO2. The van der Waals surface area contributed by atoms with Gasteiger partial charge < -0.3 is 15.2 Å². The number of hydrogen-bond acceptors (Lipinski definition) is 3. The van der Waals surface area contributed by atoms with Crippen LogP contribution < -0.4 is 10.1 Å². The molecule has 22 heavy (non-hydrogen) atoms. The Hall–Kier alpha value is -1.26. The predicted octanol–water partition coefficient (Wildman–Crippen LogP) is 3.81. The van der Waals surface area contributed by atoms with E-state index < -0.39 is 0 Å². The Kier molecular flexibility index (Phi) is 8.28. The molecule has 2 aromatic rings. The van der Waals surface area contributed by atoms with Gasteiger partial charge in [-0.15, -0.1) is 12.4 Å². The van der Waals surface area contributed by atoms with Gasteiger partial charge >= 0.3 is 0 Å². The summed E-state index contributed by atoms with van der Waals surface area (Å²) in [6.07, 6.45) is -0.343. The minimum atomic E-state index is -0.343. The van der Waals surface area contributed by atoms with Crippen molar-refractivity contribution in [3.05, 3.63) is 64.7 Å². The molecule has 0 aromatic heterocycles. The summed E-state index contributed by atoms with van der Waals surface area (Å²) in [5.74, 6) is 0.811. The molecule has 5 heteroatoms. The van der Waals surface area contributed by atoms with Crippen molar-refractivity contribution in [1.29, 1.82) is 0 Å². The van der Waals surface area contributed by atoms with Crippen LogP contribution in [0.2, 0.25) is 5.02 Å². The van der Waals surface area contributed by atoms with Gasteiger partial charge in [0.05, 0.1) is 6.10 Å². The van der Waals surface area contributed by atoms with Crippen LogP contribution in [-0.4, -0.2) is 17.8 Å². The lowest BCUT2D eigenvalue weighted by Gasteiger charge is -2.10. The number of ether oxygens (including phenoxy) is 1. The van der Waals surface area contributed by atoms with Crippen molar-refractivity contribution in [3.8, 4) is 5.75 Å². The SMILES string of the molecule is CC(O)CNCc1cccc(OCc2ccccc2Cl)c1.Cl. The second-order valence-electron chi connectivity index (χ2n) is 5.01. The minimum Gasteiger partial charge on any atom is -0.489 e. The Bertz CT molecular complexity index is 576. The van der Waals surface area contributed by atoms with Crippen molar-refractivity contribution in [2.24, 2.45) is 0 Å². The van der Waals surface area contributed by atoms with Crippen molar-refractivity contribution in [3.63, 3.8) is 0 Å². The summed E-state index contributed by atoms with van der Waals surface area (Å²) in [5, 5.41) is 13.1. The van der Waals surface area contributed by atoms with E-state index in [9.17, 15) is 5.11 Å². The van der Waals surface area contributed by atoms with Gasteiger partial charge in [0.15, 0.2) is 0 Å². The zero-order valence-electron chi connectivity index (χ0n) is 12.5. The van der Waals surface area contributed by atoms with E-state index >= 15 is 0 Å². The smallest absolute Gasteiger partial charge is 0.120 e. The van der Waals surface area contributed by atoms with Gasteiger partial charge in [-0.05, 0) is 30.7 Å². The van der Waals surface area contributed by atoms with Crippen molar-refractivity contribution < 1.29 is 9.84 Å². The predicted molar refractivity (Wildman–Crippen MR) is 92.9 cm³/mol. The van der Waals surface area contributed by atoms with Gasteiger partial charge in [-0.3, -0.25) is 0 Å². The fraction of sp³-hybridized carbons (Fsp3) is 0.294. The molecule has 0 saturated carbocycles. The average Bonchev–Trinajstić information content (AvgIpc) is 2.46. The number of hydrogen-bond donors (Lipinski definition) is 2. The van der Waals surface area contributed by atoms with Crippen LogP contribution in [0.25, 0.3) is 0 Å². The maximum Gasteiger partial charge on any atom is 0.120 e. The van der Waals surface area contributed by atoms with Gasteiger partial charge in [0.1, 0.15) is 12.4 Å². The molecule has 0 aliphatic heterocycles. The van der Waals surface area contributed by atoms with Crippen LogP contribution in [0.3, 0.4) is 0 Å². The number of halogens is 2. The topological polar surface area (TPSA) is 41.5 Å². The second kappa shape index (κ2) is 9.70. The molecule has 0 amide bonds. The Morgan fingerprint density at radius 3 is 2.68 bits per heavy atom. The fourth-order valence-corrected chi connectivity index (χ4v) is 2.14. The molecule has 3 nitrogen and oxygen atoms in total. The molecule has 0 saturated heterocycles. The summed E-state index contributed by atoms with van der Waals surface area (Å²) in [6.45, 7) is 3.49. The van der Waals surface area contributed by atoms with Gasteiger partial charge in [-0.25, -0.2) is 0 Å². The molecule has 0 radical (unpaired) electrons. The number of rotatable bonds is 7. The largest absolute Gasteiger partial charge is 0.489 e. The standard InChI is InChI=1S/C17H20ClNO2.ClH/c1-13(20)10-19-11-14-5-4-7-16(9-14)21-12-15-6-2-3-8-17(15)18;/h2-9,13,19-20H,10-12H2,1H3;1H. The summed E-state index contributed by atoms with van der Waals surface area (Å²) in [7, 11) is 0. The second-order valence-corrected chi connectivity index (χ2v) is 5.41. The molecule has 0 spiro atoms. The van der Waals surface area contributed by atoms with Crippen LogP contribution in [0.15, 0.2) is 48.5 Å². The average molecular weight is 342 g/mol. The Balaban J connectivity index is 0.00000242. The van der Waals surface area contributed by atoms with E-state index in [4.69, 9.17) is 16.3 Å². The first-order chi connectivity index (χ1) is 10.1. The molecule has 2 N–H and O–H groups in total. The van der Waals surface area contributed by atoms with Crippen molar-refractivity contribution >= 4 is 24.0 Å². The minimum absolute atomic E-state index is 0. The fourth-order valence-electron chi connectivity index (χ4n) is 1.95. The van der Waals surface area contributed by atoms with E-state index in [2.05, 4.69) is 5.32 Å². The van der Waals surface area contributed by atoms with E-state index in [1.807, 2.05) is 48.5 Å². The quantitative estimate of drug-likeness (QED) is 0.804. The number of benzene rings is 2. The summed E-state index contributed by atoms with van der Waals surface area (Å²) in [5.41, 5.74) is 2.09. The maximum absolute atomic E-state index is 9.22. The highest BCUT2D eigenvalue weighted by molar-refractivity contribution is 6.31. The lowest BCUT2D eigenvalue weighted by atomic mass is 10.2. The van der Waals surface area contributed by atoms with Gasteiger partial charge in [0.25, 0.3) is 0 Å². The van der Waals surface area contributed by atoms with Crippen LogP contribution in [0.1, 0.15) is 18.1 Å². The molecule has 0 heterocycles. The van der Waals surface area contributed by atoms with E-state index in [1.54, 1.807) is 6.92 Å². The third kappa shape index (κ3) is 6.24. The first kappa shape index (κ1) is 18.8. The normalized spacial score (nSPS) is 11.6. The monoisotopic (exact) mass is 341 g/mol. The lowest BCUT2D eigenvalue weighted by Crippen LogP contribution is -2.23. The highest BCUT2D eigenvalue weighted by Gasteiger charge is 2.02. The van der Waals surface area contributed by atoms with Crippen LogP contribution in [-0.2, 0) is 13.2 Å². The number of nitrogens with one attached hydrogen (secondary N) is 1. The summed E-state index contributed by atoms with van der Waals surface area (Å²) >= 11 is 6.11. The van der Waals surface area contributed by atoms with Gasteiger partial charge in [-0.1, -0.05) is 41.9 Å². The number of aliphatic hydroxyl groups is 1. The molecular weight excluding hydrogens is 321 g/mol. The molecule has 0 fully saturated rings. The van der Waals surface area contributed by atoms with E-state index in [1.165, 1.54) is 0 Å². The third-order valence-electron chi connectivity index (χ3n) is 3.02. The molecule has 1 atom stereocenters. The highest BCUT2D eigenvalue weighted by atomic mass is 35.5. The van der Waals surface area contributed by atoms with Gasteiger partial charge in [-0.2, -0.15) is 0 Å². The number of aliphatic hydroxyl groups excluding tert-OH is 1. The molecule has 2 rings (SSSR count). The van der Waals surface area contributed by atoms with E-state index in [0.29, 0.717) is 24.7 Å². The molecule has 0 bridgehead atoms. The van der Waals surface area contributed by atoms with Crippen molar-refractivity contribution in [2.45, 2.75) is 26.2 Å². The van der Waals surface area contributed by atoms with Crippen molar-refractivity contribution in [2.75, 3.05) is 6.54 Å². The zero-order valence-corrected chi connectivity index (χ0v) is 14.0. The first-order valence-corrected chi connectivity index (χ1v) is 7.37. The molecule has 1 unspecified atom stereocenters. The molecule has 2 aromatic carbocycles. The van der Waals surface area contributed by atoms with Crippen LogP contribution >= 0.6 is 24.0 Å². The van der Waals surface area contributed by atoms with Crippen LogP contribution in [0.4, 0.5) is 0 Å². The van der Waals surface area contributed by atoms with E-state index in [0.717, 1.165) is 16.9 Å². The highest BCUT2D eigenvalue weighted by Crippen LogP contribution is 2.19. The Morgan fingerprint density at radius 2 is 1.95 bits per heavy atom. The maximum atomic E-state index is 9.22. The molecule has 120 valence electrons. The first-order valence-electron chi connectivity index (χ1n) is 6.99. The van der Waals surface area contributed by atoms with Gasteiger partial charge in [0, 0.05) is 23.7 Å². The van der Waals surface area contributed by atoms with Gasteiger partial charge in [0.2, 0.25) is 0 Å². The summed E-state index contributed by atoms with van der Waals surface area (Å²) < 4.78 is 5.78. The lowest BCUT2D eigenvalue weighted by molar-refractivity contribution is 0.191. The zero-order chi connectivity index (χ0) is 15.1. The molecule has 0 aliphatic carbocycles. The van der Waals surface area contributed by atoms with Crippen LogP contribution in [0.5, 0.6) is 5.75 Å². The summed E-state index contributed by atoms with van der Waals surface area (Å²) in [4.78, 5) is 0. The Morgan fingerprint density at radius 1 is 1.18 bits per heavy atom. The van der Waals surface area contributed by atoms with Crippen molar-refractivity contribution in [1.82, 2.24) is 5.32 Å². The van der Waals surface area contributed by atoms with E-state index in [-0.39, 0.29) is 18.5 Å². The summed E-state index contributed by atoms with van der Waals surface area (Å²) in [6, 6.07) is 15.6. The Labute approximate surface area is 142 Å². The molecule has 0 aliphatic rings. The third-order valence-corrected chi connectivity index (χ3v) is 3.39. The van der Waals surface area contributed by atoms with Crippen LogP contribution in [0, 0.1) is 0 Å².